The Hall–Kier alpha value is -1.63. The normalized spacial score (nSPS) is 12.4. The molecule has 0 radical (unpaired) electrons. The maximum absolute atomic E-state index is 5.97. The number of hydrogen-bond acceptors (Lipinski definition) is 6. The van der Waals surface area contributed by atoms with Crippen molar-refractivity contribution in [1.82, 2.24) is 9.88 Å². The van der Waals surface area contributed by atoms with E-state index in [9.17, 15) is 0 Å². The van der Waals surface area contributed by atoms with E-state index >= 15 is 0 Å². The van der Waals surface area contributed by atoms with Gasteiger partial charge >= 0.3 is 0 Å². The van der Waals surface area contributed by atoms with E-state index < -0.39 is 0 Å². The molecule has 1 unspecified atom stereocenters. The van der Waals surface area contributed by atoms with Gasteiger partial charge in [0.15, 0.2) is 11.5 Å². The number of hydrogen-bond donors (Lipinski definition) is 1. The molecule has 21 heavy (non-hydrogen) atoms. The molecule has 6 heteroatoms. The average Bonchev–Trinajstić information content (AvgIpc) is 3.00. The van der Waals surface area contributed by atoms with Crippen molar-refractivity contribution in [2.45, 2.75) is 12.6 Å². The topological polar surface area (TPSA) is 60.6 Å². The molecule has 0 bridgehead atoms. The van der Waals surface area contributed by atoms with E-state index in [-0.39, 0.29) is 6.04 Å². The molecule has 2 N–H and O–H groups in total. The molecule has 2 aromatic rings. The highest BCUT2D eigenvalue weighted by Crippen LogP contribution is 2.31. The van der Waals surface area contributed by atoms with Gasteiger partial charge in [-0.1, -0.05) is 6.07 Å². The predicted molar refractivity (Wildman–Crippen MR) is 84.9 cm³/mol. The molecular formula is C15H21N3O2S. The van der Waals surface area contributed by atoms with E-state index in [1.165, 1.54) is 0 Å². The molecule has 0 saturated carbocycles. The molecule has 0 amide bonds. The summed E-state index contributed by atoms with van der Waals surface area (Å²) in [7, 11) is 5.32. The maximum Gasteiger partial charge on any atom is 0.161 e. The van der Waals surface area contributed by atoms with E-state index in [1.807, 2.05) is 30.8 Å². The first-order chi connectivity index (χ1) is 10.2. The highest BCUT2D eigenvalue weighted by molar-refractivity contribution is 7.07. The van der Waals surface area contributed by atoms with Crippen LogP contribution in [0.1, 0.15) is 17.3 Å². The van der Waals surface area contributed by atoms with E-state index in [2.05, 4.69) is 15.3 Å². The Morgan fingerprint density at radius 1 is 1.29 bits per heavy atom. The van der Waals surface area contributed by atoms with Gasteiger partial charge in [-0.25, -0.2) is 4.98 Å². The lowest BCUT2D eigenvalue weighted by atomic mass is 10.0. The van der Waals surface area contributed by atoms with E-state index in [0.717, 1.165) is 29.3 Å². The lowest BCUT2D eigenvalue weighted by molar-refractivity contribution is 0.238. The molecule has 0 aliphatic carbocycles. The lowest BCUT2D eigenvalue weighted by Crippen LogP contribution is -2.30. The third-order valence-electron chi connectivity index (χ3n) is 3.44. The van der Waals surface area contributed by atoms with Crippen LogP contribution in [0.4, 0.5) is 0 Å². The molecule has 114 valence electrons. The van der Waals surface area contributed by atoms with Gasteiger partial charge < -0.3 is 15.2 Å². The monoisotopic (exact) mass is 307 g/mol. The number of thiazole rings is 1. The summed E-state index contributed by atoms with van der Waals surface area (Å²) in [6, 6.07) is 6.02. The summed E-state index contributed by atoms with van der Waals surface area (Å²) in [5, 5.41) is 2.05. The van der Waals surface area contributed by atoms with Crippen LogP contribution >= 0.6 is 11.3 Å². The summed E-state index contributed by atoms with van der Waals surface area (Å²) in [5.74, 6) is 1.44. The van der Waals surface area contributed by atoms with Crippen LogP contribution in [0.2, 0.25) is 0 Å². The van der Waals surface area contributed by atoms with Crippen molar-refractivity contribution >= 4 is 11.3 Å². The summed E-state index contributed by atoms with van der Waals surface area (Å²) in [4.78, 5) is 6.51. The minimum atomic E-state index is 0.103. The van der Waals surface area contributed by atoms with Crippen molar-refractivity contribution in [3.05, 3.63) is 40.3 Å². The van der Waals surface area contributed by atoms with Crippen LogP contribution in [0.5, 0.6) is 11.5 Å². The van der Waals surface area contributed by atoms with Crippen molar-refractivity contribution < 1.29 is 9.47 Å². The number of aromatic nitrogens is 1. The highest BCUT2D eigenvalue weighted by atomic mass is 32.1. The van der Waals surface area contributed by atoms with Gasteiger partial charge in [0, 0.05) is 24.5 Å². The summed E-state index contributed by atoms with van der Waals surface area (Å²) in [5.41, 5.74) is 9.97. The van der Waals surface area contributed by atoms with Gasteiger partial charge in [-0.3, -0.25) is 4.90 Å². The molecular weight excluding hydrogens is 286 g/mol. The quantitative estimate of drug-likeness (QED) is 0.850. The summed E-state index contributed by atoms with van der Waals surface area (Å²) >= 11 is 1.60. The number of ether oxygens (including phenoxy) is 2. The van der Waals surface area contributed by atoms with Crippen LogP contribution in [-0.4, -0.2) is 37.7 Å². The second kappa shape index (κ2) is 7.40. The van der Waals surface area contributed by atoms with Crippen molar-refractivity contribution in [3.8, 4) is 11.5 Å². The Balaban J connectivity index is 2.20. The summed E-state index contributed by atoms with van der Waals surface area (Å²) in [6.07, 6.45) is 0. The fourth-order valence-electron chi connectivity index (χ4n) is 2.31. The molecule has 2 rings (SSSR count). The Kier molecular flexibility index (Phi) is 5.55. The third-order valence-corrected chi connectivity index (χ3v) is 4.08. The zero-order valence-electron chi connectivity index (χ0n) is 12.6. The molecule has 1 heterocycles. The number of methoxy groups -OCH3 is 2. The van der Waals surface area contributed by atoms with E-state index in [4.69, 9.17) is 15.2 Å². The van der Waals surface area contributed by atoms with Crippen LogP contribution in [0.15, 0.2) is 29.1 Å². The van der Waals surface area contributed by atoms with Gasteiger partial charge in [-0.05, 0) is 24.7 Å². The first-order valence-corrected chi connectivity index (χ1v) is 7.63. The number of nitrogens with two attached hydrogens (primary N) is 1. The van der Waals surface area contributed by atoms with Crippen LogP contribution in [0.25, 0.3) is 0 Å². The molecule has 1 aromatic carbocycles. The van der Waals surface area contributed by atoms with E-state index in [1.54, 1.807) is 25.6 Å². The second-order valence-corrected chi connectivity index (χ2v) is 5.48. The van der Waals surface area contributed by atoms with Gasteiger partial charge in [0.1, 0.15) is 0 Å². The zero-order chi connectivity index (χ0) is 15.2. The van der Waals surface area contributed by atoms with Crippen molar-refractivity contribution in [2.24, 2.45) is 5.73 Å². The largest absolute Gasteiger partial charge is 0.493 e. The molecule has 0 aliphatic heterocycles. The predicted octanol–water partition coefficient (Wildman–Crippen LogP) is 2.29. The van der Waals surface area contributed by atoms with Gasteiger partial charge in [-0.15, -0.1) is 11.3 Å². The summed E-state index contributed by atoms with van der Waals surface area (Å²) in [6.45, 7) is 1.29. The molecule has 5 nitrogen and oxygen atoms in total. The fraction of sp³-hybridized carbons (Fsp3) is 0.400. The molecule has 0 fully saturated rings. The molecule has 0 saturated heterocycles. The smallest absolute Gasteiger partial charge is 0.161 e. The van der Waals surface area contributed by atoms with Crippen LogP contribution in [0.3, 0.4) is 0 Å². The Labute approximate surface area is 129 Å². The highest BCUT2D eigenvalue weighted by Gasteiger charge is 2.18. The fourth-order valence-corrected chi connectivity index (χ4v) is 2.86. The molecule has 1 atom stereocenters. The zero-order valence-corrected chi connectivity index (χ0v) is 13.4. The van der Waals surface area contributed by atoms with Crippen LogP contribution in [0, 0.1) is 0 Å². The number of benzene rings is 1. The first kappa shape index (κ1) is 15.8. The Morgan fingerprint density at radius 2 is 2.05 bits per heavy atom. The number of rotatable bonds is 7. The molecule has 1 aromatic heterocycles. The van der Waals surface area contributed by atoms with Crippen molar-refractivity contribution in [2.75, 3.05) is 27.8 Å². The molecule has 0 aliphatic rings. The van der Waals surface area contributed by atoms with Gasteiger partial charge in [0.05, 0.1) is 25.4 Å². The second-order valence-electron chi connectivity index (χ2n) is 4.76. The minimum absolute atomic E-state index is 0.103. The lowest BCUT2D eigenvalue weighted by Gasteiger charge is -2.27. The number of nitrogens with zero attached hydrogens (tertiary/aromatic N) is 2. The Bertz CT molecular complexity index is 560. The first-order valence-electron chi connectivity index (χ1n) is 6.69. The third kappa shape index (κ3) is 3.72. The van der Waals surface area contributed by atoms with Gasteiger partial charge in [-0.2, -0.15) is 0 Å². The average molecular weight is 307 g/mol. The SMILES string of the molecule is COc1ccc(C(CN)N(C)Cc2cscn2)cc1OC. The van der Waals surface area contributed by atoms with E-state index in [0.29, 0.717) is 6.54 Å². The standard InChI is InChI=1S/C15H21N3O2S/c1-18(8-12-9-21-10-17-12)13(7-16)11-4-5-14(19-2)15(6-11)20-3/h4-6,9-10,13H,7-8,16H2,1-3H3. The van der Waals surface area contributed by atoms with Gasteiger partial charge in [0.25, 0.3) is 0 Å². The minimum Gasteiger partial charge on any atom is -0.493 e. The van der Waals surface area contributed by atoms with Crippen molar-refractivity contribution in [1.29, 1.82) is 0 Å². The van der Waals surface area contributed by atoms with Crippen LogP contribution in [-0.2, 0) is 6.54 Å². The molecule has 0 spiro atoms. The maximum atomic E-state index is 5.97. The number of likely N-dealkylation sites (N-methyl/N-ethyl adjacent to an activating group) is 1. The van der Waals surface area contributed by atoms with Gasteiger partial charge in [0.2, 0.25) is 0 Å². The van der Waals surface area contributed by atoms with Crippen molar-refractivity contribution in [3.63, 3.8) is 0 Å². The summed E-state index contributed by atoms with van der Waals surface area (Å²) < 4.78 is 10.6. The van der Waals surface area contributed by atoms with Crippen LogP contribution < -0.4 is 15.2 Å². The Morgan fingerprint density at radius 3 is 2.62 bits per heavy atom.